The zero-order valence-corrected chi connectivity index (χ0v) is 8.62. The lowest BCUT2D eigenvalue weighted by Crippen LogP contribution is -1.81. The Morgan fingerprint density at radius 3 is 2.30 bits per heavy atom. The molecule has 0 unspecified atom stereocenters. The number of allylic oxidation sites excluding steroid dienone is 4. The average molecular weight is 266 g/mol. The molecule has 0 aromatic heterocycles. The van der Waals surface area contributed by atoms with Crippen LogP contribution in [0, 0.1) is 0 Å². The number of rotatable bonds is 1. The Bertz CT molecular complexity index is 238. The quantitative estimate of drug-likeness (QED) is 0.667. The zero-order valence-electron chi connectivity index (χ0n) is 5.45. The summed E-state index contributed by atoms with van der Waals surface area (Å²) in [6, 6.07) is 0. The highest BCUT2D eigenvalue weighted by Crippen LogP contribution is 2.37. The maximum Gasteiger partial charge on any atom is 0.151 e. The van der Waals surface area contributed by atoms with Crippen molar-refractivity contribution < 1.29 is 4.79 Å². The van der Waals surface area contributed by atoms with E-state index >= 15 is 0 Å². The van der Waals surface area contributed by atoms with E-state index in [0.717, 1.165) is 32.8 Å². The molecule has 0 saturated carbocycles. The van der Waals surface area contributed by atoms with Crippen LogP contribution in [0.1, 0.15) is 13.3 Å². The van der Waals surface area contributed by atoms with Gasteiger partial charge in [0.15, 0.2) is 6.29 Å². The summed E-state index contributed by atoms with van der Waals surface area (Å²) in [6.45, 7) is 1.96. The van der Waals surface area contributed by atoms with Gasteiger partial charge in [-0.05, 0) is 22.9 Å². The third kappa shape index (κ3) is 1.25. The molecule has 0 aliphatic heterocycles. The summed E-state index contributed by atoms with van der Waals surface area (Å²) in [7, 11) is 0. The van der Waals surface area contributed by atoms with Crippen LogP contribution < -0.4 is 0 Å². The lowest BCUT2D eigenvalue weighted by atomic mass is 10.2. The summed E-state index contributed by atoms with van der Waals surface area (Å²) >= 11 is 6.67. The van der Waals surface area contributed by atoms with Crippen molar-refractivity contribution in [1.82, 2.24) is 0 Å². The maximum atomic E-state index is 10.4. The second-order valence-electron chi connectivity index (χ2n) is 2.21. The molecule has 3 heteroatoms. The molecule has 0 atom stereocenters. The van der Waals surface area contributed by atoms with Crippen molar-refractivity contribution in [2.45, 2.75) is 13.3 Å². The van der Waals surface area contributed by atoms with Gasteiger partial charge in [-0.2, -0.15) is 0 Å². The fourth-order valence-corrected chi connectivity index (χ4v) is 2.10. The van der Waals surface area contributed by atoms with Crippen molar-refractivity contribution in [2.24, 2.45) is 0 Å². The van der Waals surface area contributed by atoms with E-state index in [0.29, 0.717) is 0 Å². The minimum atomic E-state index is 0.784. The lowest BCUT2D eigenvalue weighted by molar-refractivity contribution is -0.104. The van der Waals surface area contributed by atoms with Crippen LogP contribution in [0.15, 0.2) is 20.1 Å². The van der Waals surface area contributed by atoms with E-state index in [1.807, 2.05) is 6.92 Å². The monoisotopic (exact) mass is 264 g/mol. The van der Waals surface area contributed by atoms with E-state index < -0.39 is 0 Å². The molecule has 54 valence electrons. The molecule has 0 fully saturated rings. The molecule has 1 nitrogen and oxygen atoms in total. The maximum absolute atomic E-state index is 10.4. The first-order valence-electron chi connectivity index (χ1n) is 2.86. The summed E-state index contributed by atoms with van der Waals surface area (Å²) in [5.41, 5.74) is 1.90. The van der Waals surface area contributed by atoms with Crippen LogP contribution in [0.4, 0.5) is 0 Å². The van der Waals surface area contributed by atoms with E-state index in [9.17, 15) is 4.79 Å². The summed E-state index contributed by atoms with van der Waals surface area (Å²) in [4.78, 5) is 10.4. The Hall–Kier alpha value is 0.110. The normalized spacial score (nSPS) is 18.7. The standard InChI is InChI=1S/C7H6Br2O/c1-4-2-6(8)7(9)5(4)3-10/h3H,2H2,1H3. The minimum Gasteiger partial charge on any atom is -0.298 e. The molecular formula is C7H6Br2O. The van der Waals surface area contributed by atoms with Gasteiger partial charge in [-0.15, -0.1) is 0 Å². The Morgan fingerprint density at radius 2 is 2.10 bits per heavy atom. The first kappa shape index (κ1) is 8.21. The fraction of sp³-hybridized carbons (Fsp3) is 0.286. The van der Waals surface area contributed by atoms with Crippen LogP contribution in [-0.4, -0.2) is 6.29 Å². The van der Waals surface area contributed by atoms with E-state index in [1.165, 1.54) is 0 Å². The number of hydrogen-bond donors (Lipinski definition) is 0. The van der Waals surface area contributed by atoms with Crippen LogP contribution >= 0.6 is 31.9 Å². The molecule has 0 spiro atoms. The van der Waals surface area contributed by atoms with Gasteiger partial charge < -0.3 is 0 Å². The van der Waals surface area contributed by atoms with Crippen molar-refractivity contribution in [3.05, 3.63) is 20.1 Å². The second kappa shape index (κ2) is 3.01. The highest BCUT2D eigenvalue weighted by Gasteiger charge is 2.17. The second-order valence-corrected chi connectivity index (χ2v) is 3.96. The predicted molar refractivity (Wildman–Crippen MR) is 48.3 cm³/mol. The number of carbonyl (C=O) groups is 1. The summed E-state index contributed by atoms with van der Waals surface area (Å²) in [5.74, 6) is 0. The zero-order chi connectivity index (χ0) is 7.72. The van der Waals surface area contributed by atoms with E-state index in [2.05, 4.69) is 31.9 Å². The lowest BCUT2D eigenvalue weighted by Gasteiger charge is -1.90. The summed E-state index contributed by atoms with van der Waals surface area (Å²) in [5, 5.41) is 0. The van der Waals surface area contributed by atoms with Crippen LogP contribution in [0.3, 0.4) is 0 Å². The third-order valence-electron chi connectivity index (χ3n) is 1.47. The highest BCUT2D eigenvalue weighted by atomic mass is 79.9. The van der Waals surface area contributed by atoms with E-state index in [4.69, 9.17) is 0 Å². The Kier molecular flexibility index (Phi) is 2.47. The van der Waals surface area contributed by atoms with Gasteiger partial charge >= 0.3 is 0 Å². The predicted octanol–water partition coefficient (Wildman–Crippen LogP) is 2.91. The van der Waals surface area contributed by atoms with Gasteiger partial charge in [-0.3, -0.25) is 4.79 Å². The Morgan fingerprint density at radius 1 is 1.50 bits per heavy atom. The molecule has 0 saturated heterocycles. The SMILES string of the molecule is CC1=C(C=O)C(Br)=C(Br)C1. The largest absolute Gasteiger partial charge is 0.298 e. The Labute approximate surface area is 76.4 Å². The molecular weight excluding hydrogens is 260 g/mol. The Balaban J connectivity index is 3.05. The number of halogens is 2. The van der Waals surface area contributed by atoms with Gasteiger partial charge in [0.25, 0.3) is 0 Å². The number of hydrogen-bond acceptors (Lipinski definition) is 1. The molecule has 0 aromatic rings. The van der Waals surface area contributed by atoms with Crippen LogP contribution in [-0.2, 0) is 4.79 Å². The summed E-state index contributed by atoms with van der Waals surface area (Å²) < 4.78 is 1.96. The van der Waals surface area contributed by atoms with Gasteiger partial charge in [0, 0.05) is 21.0 Å². The van der Waals surface area contributed by atoms with Crippen molar-refractivity contribution in [2.75, 3.05) is 0 Å². The van der Waals surface area contributed by atoms with Gasteiger partial charge in [0.05, 0.1) is 0 Å². The first-order chi connectivity index (χ1) is 4.66. The van der Waals surface area contributed by atoms with Crippen molar-refractivity contribution in [3.8, 4) is 0 Å². The number of aldehydes is 1. The van der Waals surface area contributed by atoms with Gasteiger partial charge in [0.2, 0.25) is 0 Å². The molecule has 0 N–H and O–H groups in total. The molecule has 1 aliphatic carbocycles. The van der Waals surface area contributed by atoms with Crippen LogP contribution in [0.2, 0.25) is 0 Å². The molecule has 0 radical (unpaired) electrons. The van der Waals surface area contributed by atoms with E-state index in [-0.39, 0.29) is 0 Å². The molecule has 0 bridgehead atoms. The topological polar surface area (TPSA) is 17.1 Å². The third-order valence-corrected chi connectivity index (χ3v) is 3.59. The van der Waals surface area contributed by atoms with Gasteiger partial charge in [0.1, 0.15) is 0 Å². The van der Waals surface area contributed by atoms with E-state index in [1.54, 1.807) is 0 Å². The van der Waals surface area contributed by atoms with Crippen LogP contribution in [0.5, 0.6) is 0 Å². The smallest absolute Gasteiger partial charge is 0.151 e. The van der Waals surface area contributed by atoms with Crippen LogP contribution in [0.25, 0.3) is 0 Å². The van der Waals surface area contributed by atoms with Gasteiger partial charge in [-0.25, -0.2) is 0 Å². The van der Waals surface area contributed by atoms with Crippen molar-refractivity contribution >= 4 is 38.1 Å². The molecule has 1 rings (SSSR count). The highest BCUT2D eigenvalue weighted by molar-refractivity contribution is 9.14. The molecule has 1 aliphatic rings. The molecule has 0 aromatic carbocycles. The number of carbonyl (C=O) groups excluding carboxylic acids is 1. The minimum absolute atomic E-state index is 0.784. The van der Waals surface area contributed by atoms with Crippen molar-refractivity contribution in [1.29, 1.82) is 0 Å². The molecule has 0 amide bonds. The molecule has 10 heavy (non-hydrogen) atoms. The first-order valence-corrected chi connectivity index (χ1v) is 4.45. The fourth-order valence-electron chi connectivity index (χ4n) is 0.891. The van der Waals surface area contributed by atoms with Crippen molar-refractivity contribution in [3.63, 3.8) is 0 Å². The molecule has 0 heterocycles. The average Bonchev–Trinajstić information content (AvgIpc) is 2.09. The van der Waals surface area contributed by atoms with Gasteiger partial charge in [-0.1, -0.05) is 21.5 Å². The summed E-state index contributed by atoms with van der Waals surface area (Å²) in [6.07, 6.45) is 1.74.